The topological polar surface area (TPSA) is 6.48 Å². The number of rotatable bonds is 3. The lowest BCUT2D eigenvalue weighted by atomic mass is 9.70. The minimum atomic E-state index is -0.0326. The number of para-hydroxylation sites is 1. The third kappa shape index (κ3) is 2.68. The van der Waals surface area contributed by atoms with Crippen LogP contribution in [-0.4, -0.2) is 11.1 Å². The van der Waals surface area contributed by atoms with Gasteiger partial charge in [0.25, 0.3) is 0 Å². The highest BCUT2D eigenvalue weighted by molar-refractivity contribution is 5.63. The van der Waals surface area contributed by atoms with Gasteiger partial charge < -0.3 is 9.80 Å². The molecule has 2 heterocycles. The van der Waals surface area contributed by atoms with Crippen LogP contribution in [0.2, 0.25) is 0 Å². The molecule has 2 heteroatoms. The predicted octanol–water partition coefficient (Wildman–Crippen LogP) is 6.74. The fourth-order valence-corrected chi connectivity index (χ4v) is 6.16. The molecule has 1 aliphatic carbocycles. The Hall–Kier alpha value is -2.48. The van der Waals surface area contributed by atoms with Crippen LogP contribution in [0.25, 0.3) is 0 Å². The minimum absolute atomic E-state index is 0.0326. The number of fused-ring (bicyclic) bond motifs is 1. The predicted molar refractivity (Wildman–Crippen MR) is 121 cm³/mol. The second-order valence-corrected chi connectivity index (χ2v) is 8.99. The minimum Gasteiger partial charge on any atom is -0.336 e. The van der Waals surface area contributed by atoms with Gasteiger partial charge in [0.05, 0.1) is 11.2 Å². The molecular weight excluding hydrogens is 352 g/mol. The van der Waals surface area contributed by atoms with E-state index in [2.05, 4.69) is 97.3 Å². The molecule has 150 valence electrons. The number of hydrogen-bond donors (Lipinski definition) is 0. The summed E-state index contributed by atoms with van der Waals surface area (Å²) in [5, 5.41) is 0. The molecule has 0 radical (unpaired) electrons. The first-order valence-electron chi connectivity index (χ1n) is 11.2. The molecule has 0 spiro atoms. The van der Waals surface area contributed by atoms with Crippen LogP contribution in [-0.2, 0) is 5.54 Å². The number of anilines is 1. The number of nitrogens with zero attached hydrogens (tertiary/aromatic N) is 2. The second kappa shape index (κ2) is 7.09. The van der Waals surface area contributed by atoms with Gasteiger partial charge in [-0.1, -0.05) is 73.9 Å². The summed E-state index contributed by atoms with van der Waals surface area (Å²) in [6.07, 6.45) is 12.0. The molecule has 1 fully saturated rings. The summed E-state index contributed by atoms with van der Waals surface area (Å²) in [4.78, 5) is 5.29. The normalized spacial score (nSPS) is 27.1. The Morgan fingerprint density at radius 1 is 0.862 bits per heavy atom. The van der Waals surface area contributed by atoms with Gasteiger partial charge in [0.15, 0.2) is 0 Å². The molecule has 5 rings (SSSR count). The highest BCUT2D eigenvalue weighted by atomic mass is 15.4. The summed E-state index contributed by atoms with van der Waals surface area (Å²) in [6.45, 7) is 6.91. The lowest BCUT2D eigenvalue weighted by Gasteiger charge is -2.49. The molecule has 29 heavy (non-hydrogen) atoms. The maximum absolute atomic E-state index is 2.74. The van der Waals surface area contributed by atoms with Crippen LogP contribution in [0.5, 0.6) is 0 Å². The van der Waals surface area contributed by atoms with E-state index in [0.29, 0.717) is 12.1 Å². The van der Waals surface area contributed by atoms with Gasteiger partial charge >= 0.3 is 0 Å². The fraction of sp³-hybridized carbons (Fsp3) is 0.407. The average molecular weight is 385 g/mol. The fourth-order valence-electron chi connectivity index (χ4n) is 6.16. The maximum atomic E-state index is 2.74. The van der Waals surface area contributed by atoms with E-state index in [1.165, 1.54) is 60.3 Å². The Morgan fingerprint density at radius 2 is 1.55 bits per heavy atom. The molecule has 2 aliphatic heterocycles. The highest BCUT2D eigenvalue weighted by Crippen LogP contribution is 2.54. The zero-order valence-electron chi connectivity index (χ0n) is 17.9. The SMILES string of the molecule is CC1=C2C=CC(c3ccccc3)(C3CCCCC3)N2C(C)N1c1ccccc1C. The van der Waals surface area contributed by atoms with Crippen molar-refractivity contribution < 1.29 is 0 Å². The van der Waals surface area contributed by atoms with Crippen LogP contribution in [0.4, 0.5) is 5.69 Å². The van der Waals surface area contributed by atoms with Crippen LogP contribution in [0, 0.1) is 12.8 Å². The van der Waals surface area contributed by atoms with E-state index in [-0.39, 0.29) is 5.54 Å². The van der Waals surface area contributed by atoms with Crippen molar-refractivity contribution in [1.82, 2.24) is 4.90 Å². The molecule has 0 amide bonds. The highest BCUT2D eigenvalue weighted by Gasteiger charge is 2.53. The lowest BCUT2D eigenvalue weighted by Crippen LogP contribution is -2.52. The Morgan fingerprint density at radius 3 is 2.28 bits per heavy atom. The molecule has 0 N–H and O–H groups in total. The molecule has 2 atom stereocenters. The zero-order chi connectivity index (χ0) is 20.0. The monoisotopic (exact) mass is 384 g/mol. The summed E-state index contributed by atoms with van der Waals surface area (Å²) in [5.74, 6) is 0.666. The third-order valence-electron chi connectivity index (χ3n) is 7.47. The number of hydrogen-bond acceptors (Lipinski definition) is 2. The van der Waals surface area contributed by atoms with Crippen LogP contribution >= 0.6 is 0 Å². The van der Waals surface area contributed by atoms with E-state index in [0.717, 1.165) is 0 Å². The van der Waals surface area contributed by atoms with Crippen molar-refractivity contribution in [2.45, 2.75) is 64.6 Å². The van der Waals surface area contributed by atoms with Crippen LogP contribution < -0.4 is 4.90 Å². The molecule has 2 unspecified atom stereocenters. The van der Waals surface area contributed by atoms with E-state index in [9.17, 15) is 0 Å². The summed E-state index contributed by atoms with van der Waals surface area (Å²) in [6, 6.07) is 20.1. The van der Waals surface area contributed by atoms with Crippen molar-refractivity contribution in [2.75, 3.05) is 4.90 Å². The molecule has 1 saturated carbocycles. The standard InChI is InChI=1S/C27H32N2/c1-20-12-10-11-17-25(20)28-21(2)26-18-19-27(29(26)22(28)3,23-13-6-4-7-14-23)24-15-8-5-9-16-24/h4,6-7,10-14,17-19,22,24H,5,8-9,15-16H2,1-3H3. The summed E-state index contributed by atoms with van der Waals surface area (Å²) in [5.41, 5.74) is 6.86. The Kier molecular flexibility index (Phi) is 4.53. The van der Waals surface area contributed by atoms with Crippen molar-refractivity contribution in [3.63, 3.8) is 0 Å². The Balaban J connectivity index is 1.65. The molecule has 0 aromatic heterocycles. The van der Waals surface area contributed by atoms with Crippen LogP contribution in [0.3, 0.4) is 0 Å². The quantitative estimate of drug-likeness (QED) is 0.578. The first-order valence-corrected chi connectivity index (χ1v) is 11.2. The van der Waals surface area contributed by atoms with Gasteiger partial charge in [0.1, 0.15) is 6.17 Å². The zero-order valence-corrected chi connectivity index (χ0v) is 17.9. The smallest absolute Gasteiger partial charge is 0.104 e. The van der Waals surface area contributed by atoms with Gasteiger partial charge in [-0.05, 0) is 62.8 Å². The summed E-state index contributed by atoms with van der Waals surface area (Å²) in [7, 11) is 0. The first kappa shape index (κ1) is 18.5. The van der Waals surface area contributed by atoms with E-state index >= 15 is 0 Å². The Labute approximate surface area is 175 Å². The van der Waals surface area contributed by atoms with Gasteiger partial charge in [-0.25, -0.2) is 0 Å². The maximum Gasteiger partial charge on any atom is 0.104 e. The number of aryl methyl sites for hydroxylation is 1. The van der Waals surface area contributed by atoms with E-state index in [1.807, 2.05) is 0 Å². The number of allylic oxidation sites excluding steroid dienone is 2. The van der Waals surface area contributed by atoms with E-state index in [1.54, 1.807) is 0 Å². The molecule has 2 nitrogen and oxygen atoms in total. The van der Waals surface area contributed by atoms with Crippen molar-refractivity contribution in [3.05, 3.63) is 89.3 Å². The largest absolute Gasteiger partial charge is 0.336 e. The van der Waals surface area contributed by atoms with Gasteiger partial charge in [-0.3, -0.25) is 0 Å². The van der Waals surface area contributed by atoms with E-state index < -0.39 is 0 Å². The molecule has 2 aromatic rings. The van der Waals surface area contributed by atoms with Crippen molar-refractivity contribution in [1.29, 1.82) is 0 Å². The van der Waals surface area contributed by atoms with Crippen molar-refractivity contribution in [2.24, 2.45) is 5.92 Å². The molecule has 3 aliphatic rings. The molecular formula is C27H32N2. The van der Waals surface area contributed by atoms with Crippen LogP contribution in [0.15, 0.2) is 78.1 Å². The average Bonchev–Trinajstić information content (AvgIpc) is 3.28. The van der Waals surface area contributed by atoms with Crippen molar-refractivity contribution in [3.8, 4) is 0 Å². The molecule has 2 aromatic carbocycles. The van der Waals surface area contributed by atoms with Gasteiger partial charge in [-0.2, -0.15) is 0 Å². The summed E-state index contributed by atoms with van der Waals surface area (Å²) >= 11 is 0. The Bertz CT molecular complexity index is 952. The van der Waals surface area contributed by atoms with Gasteiger partial charge in [0, 0.05) is 11.4 Å². The van der Waals surface area contributed by atoms with Gasteiger partial charge in [-0.15, -0.1) is 0 Å². The molecule has 0 saturated heterocycles. The van der Waals surface area contributed by atoms with Crippen molar-refractivity contribution >= 4 is 5.69 Å². The van der Waals surface area contributed by atoms with Crippen LogP contribution in [0.1, 0.15) is 57.1 Å². The lowest BCUT2D eigenvalue weighted by molar-refractivity contribution is 0.0754. The van der Waals surface area contributed by atoms with E-state index in [4.69, 9.17) is 0 Å². The molecule has 0 bridgehead atoms. The van der Waals surface area contributed by atoms with Gasteiger partial charge in [0.2, 0.25) is 0 Å². The number of benzene rings is 2. The third-order valence-corrected chi connectivity index (χ3v) is 7.47. The summed E-state index contributed by atoms with van der Waals surface area (Å²) < 4.78 is 0. The second-order valence-electron chi connectivity index (χ2n) is 8.99. The first-order chi connectivity index (χ1) is 14.1.